The summed E-state index contributed by atoms with van der Waals surface area (Å²) in [5.74, 6) is 1.01. The minimum Gasteiger partial charge on any atom is -0.507 e. The standard InChI is InChI=1S/C16H19NO4/c1-11(5-6-12-4-3-9-21-12)17-16(19)14-8-7-13(20-2)10-15(14)18/h3-4,7-11,18H,5-6H2,1-2H3,(H,17,19). The molecule has 21 heavy (non-hydrogen) atoms. The zero-order valence-electron chi connectivity index (χ0n) is 12.1. The first-order valence-electron chi connectivity index (χ1n) is 6.80. The number of phenols is 1. The lowest BCUT2D eigenvalue weighted by Crippen LogP contribution is -2.32. The molecule has 2 aromatic rings. The van der Waals surface area contributed by atoms with E-state index >= 15 is 0 Å². The van der Waals surface area contributed by atoms with Gasteiger partial charge in [0.2, 0.25) is 0 Å². The Morgan fingerprint density at radius 3 is 2.86 bits per heavy atom. The minimum absolute atomic E-state index is 0.0240. The van der Waals surface area contributed by atoms with Gasteiger partial charge in [0.15, 0.2) is 0 Å². The van der Waals surface area contributed by atoms with Crippen LogP contribution in [0.4, 0.5) is 0 Å². The predicted octanol–water partition coefficient (Wildman–Crippen LogP) is 2.74. The molecule has 112 valence electrons. The molecule has 1 unspecified atom stereocenters. The molecule has 0 aliphatic rings. The lowest BCUT2D eigenvalue weighted by atomic mass is 10.1. The first kappa shape index (κ1) is 15.0. The second-order valence-electron chi connectivity index (χ2n) is 4.88. The third kappa shape index (κ3) is 4.02. The lowest BCUT2D eigenvalue weighted by molar-refractivity contribution is 0.0935. The maximum Gasteiger partial charge on any atom is 0.255 e. The largest absolute Gasteiger partial charge is 0.507 e. The van der Waals surface area contributed by atoms with Gasteiger partial charge in [-0.2, -0.15) is 0 Å². The molecular weight excluding hydrogens is 270 g/mol. The molecule has 1 heterocycles. The van der Waals surface area contributed by atoms with Gasteiger partial charge in [0.1, 0.15) is 17.3 Å². The number of aromatic hydroxyl groups is 1. The Morgan fingerprint density at radius 2 is 2.24 bits per heavy atom. The van der Waals surface area contributed by atoms with Crippen LogP contribution in [0.5, 0.6) is 11.5 Å². The third-order valence-corrected chi connectivity index (χ3v) is 3.23. The summed E-state index contributed by atoms with van der Waals surface area (Å²) in [6.45, 7) is 1.92. The number of benzene rings is 1. The van der Waals surface area contributed by atoms with Gasteiger partial charge in [0.05, 0.1) is 18.9 Å². The molecular formula is C16H19NO4. The van der Waals surface area contributed by atoms with E-state index in [0.29, 0.717) is 5.75 Å². The van der Waals surface area contributed by atoms with Crippen LogP contribution >= 0.6 is 0 Å². The molecule has 2 N–H and O–H groups in total. The first-order chi connectivity index (χ1) is 10.1. The highest BCUT2D eigenvalue weighted by atomic mass is 16.5. The van der Waals surface area contributed by atoms with Crippen molar-refractivity contribution in [2.75, 3.05) is 7.11 Å². The Bertz CT molecular complexity index is 592. The number of aryl methyl sites for hydroxylation is 1. The van der Waals surface area contributed by atoms with Crippen LogP contribution in [0.3, 0.4) is 0 Å². The van der Waals surface area contributed by atoms with Crippen molar-refractivity contribution in [2.45, 2.75) is 25.8 Å². The average Bonchev–Trinajstić information content (AvgIpc) is 2.98. The van der Waals surface area contributed by atoms with E-state index in [0.717, 1.165) is 18.6 Å². The Hall–Kier alpha value is -2.43. The number of phenolic OH excluding ortho intramolecular Hbond substituents is 1. The molecule has 0 bridgehead atoms. The second kappa shape index (κ2) is 6.83. The fourth-order valence-corrected chi connectivity index (χ4v) is 2.02. The van der Waals surface area contributed by atoms with E-state index in [1.807, 2.05) is 19.1 Å². The molecule has 1 aromatic heterocycles. The van der Waals surface area contributed by atoms with Gasteiger partial charge >= 0.3 is 0 Å². The Balaban J connectivity index is 1.91. The van der Waals surface area contributed by atoms with E-state index in [2.05, 4.69) is 5.32 Å². The summed E-state index contributed by atoms with van der Waals surface area (Å²) >= 11 is 0. The van der Waals surface area contributed by atoms with Crippen LogP contribution in [0, 0.1) is 0 Å². The van der Waals surface area contributed by atoms with Gasteiger partial charge in [0.25, 0.3) is 5.91 Å². The van der Waals surface area contributed by atoms with Crippen LogP contribution in [-0.2, 0) is 6.42 Å². The zero-order valence-corrected chi connectivity index (χ0v) is 12.1. The van der Waals surface area contributed by atoms with Gasteiger partial charge in [-0.05, 0) is 37.6 Å². The molecule has 0 aliphatic carbocycles. The molecule has 0 saturated heterocycles. The topological polar surface area (TPSA) is 71.7 Å². The van der Waals surface area contributed by atoms with E-state index in [1.165, 1.54) is 13.2 Å². The molecule has 0 aliphatic heterocycles. The molecule has 0 spiro atoms. The molecule has 2 rings (SSSR count). The van der Waals surface area contributed by atoms with E-state index in [1.54, 1.807) is 18.4 Å². The number of nitrogens with one attached hydrogen (secondary N) is 1. The van der Waals surface area contributed by atoms with Crippen LogP contribution in [-0.4, -0.2) is 24.2 Å². The van der Waals surface area contributed by atoms with Crippen molar-refractivity contribution in [3.63, 3.8) is 0 Å². The fourth-order valence-electron chi connectivity index (χ4n) is 2.02. The van der Waals surface area contributed by atoms with Crippen molar-refractivity contribution in [1.29, 1.82) is 0 Å². The maximum absolute atomic E-state index is 12.1. The quantitative estimate of drug-likeness (QED) is 0.857. The highest BCUT2D eigenvalue weighted by Gasteiger charge is 2.14. The Kier molecular flexibility index (Phi) is 4.87. The lowest BCUT2D eigenvalue weighted by Gasteiger charge is -2.14. The number of methoxy groups -OCH3 is 1. The number of hydrogen-bond donors (Lipinski definition) is 2. The van der Waals surface area contributed by atoms with Crippen LogP contribution < -0.4 is 10.1 Å². The molecule has 1 atom stereocenters. The smallest absolute Gasteiger partial charge is 0.255 e. The number of furan rings is 1. The summed E-state index contributed by atoms with van der Waals surface area (Å²) in [6, 6.07) is 8.33. The van der Waals surface area contributed by atoms with Crippen molar-refractivity contribution in [3.8, 4) is 11.5 Å². The molecule has 1 aromatic carbocycles. The zero-order chi connectivity index (χ0) is 15.2. The van der Waals surface area contributed by atoms with Crippen LogP contribution in [0.1, 0.15) is 29.5 Å². The summed E-state index contributed by atoms with van der Waals surface area (Å²) in [4.78, 5) is 12.1. The maximum atomic E-state index is 12.1. The highest BCUT2D eigenvalue weighted by molar-refractivity contribution is 5.97. The average molecular weight is 289 g/mol. The van der Waals surface area contributed by atoms with Crippen molar-refractivity contribution in [2.24, 2.45) is 0 Å². The number of amides is 1. The fraction of sp³-hybridized carbons (Fsp3) is 0.312. The van der Waals surface area contributed by atoms with Crippen molar-refractivity contribution < 1.29 is 19.1 Å². The van der Waals surface area contributed by atoms with Crippen molar-refractivity contribution >= 4 is 5.91 Å². The van der Waals surface area contributed by atoms with Crippen LogP contribution in [0.2, 0.25) is 0 Å². The third-order valence-electron chi connectivity index (χ3n) is 3.23. The van der Waals surface area contributed by atoms with Gasteiger partial charge in [-0.3, -0.25) is 4.79 Å². The molecule has 0 fully saturated rings. The summed E-state index contributed by atoms with van der Waals surface area (Å²) in [5.41, 5.74) is 0.237. The Labute approximate surface area is 123 Å². The molecule has 5 nitrogen and oxygen atoms in total. The van der Waals surface area contributed by atoms with Crippen LogP contribution in [0.15, 0.2) is 41.0 Å². The van der Waals surface area contributed by atoms with E-state index in [4.69, 9.17) is 9.15 Å². The first-order valence-corrected chi connectivity index (χ1v) is 6.80. The summed E-state index contributed by atoms with van der Waals surface area (Å²) < 4.78 is 10.2. The van der Waals surface area contributed by atoms with Gasteiger partial charge in [-0.25, -0.2) is 0 Å². The summed E-state index contributed by atoms with van der Waals surface area (Å²) in [5, 5.41) is 12.7. The summed E-state index contributed by atoms with van der Waals surface area (Å²) in [6.07, 6.45) is 3.15. The number of hydrogen-bond acceptors (Lipinski definition) is 4. The number of ether oxygens (including phenoxy) is 1. The van der Waals surface area contributed by atoms with E-state index < -0.39 is 0 Å². The number of carbonyl (C=O) groups excluding carboxylic acids is 1. The number of carbonyl (C=O) groups is 1. The molecule has 5 heteroatoms. The van der Waals surface area contributed by atoms with Crippen molar-refractivity contribution in [3.05, 3.63) is 47.9 Å². The van der Waals surface area contributed by atoms with Crippen molar-refractivity contribution in [1.82, 2.24) is 5.32 Å². The summed E-state index contributed by atoms with van der Waals surface area (Å²) in [7, 11) is 1.51. The second-order valence-corrected chi connectivity index (χ2v) is 4.88. The Morgan fingerprint density at radius 1 is 1.43 bits per heavy atom. The monoisotopic (exact) mass is 289 g/mol. The van der Waals surface area contributed by atoms with Gasteiger partial charge in [-0.1, -0.05) is 0 Å². The highest BCUT2D eigenvalue weighted by Crippen LogP contribution is 2.23. The molecule has 0 radical (unpaired) electrons. The SMILES string of the molecule is COc1ccc(C(=O)NC(C)CCc2ccco2)c(O)c1. The predicted molar refractivity (Wildman–Crippen MR) is 78.6 cm³/mol. The normalized spacial score (nSPS) is 11.9. The van der Waals surface area contributed by atoms with E-state index in [9.17, 15) is 9.90 Å². The van der Waals surface area contributed by atoms with Gasteiger partial charge in [-0.15, -0.1) is 0 Å². The molecule has 0 saturated carbocycles. The van der Waals surface area contributed by atoms with Gasteiger partial charge < -0.3 is 19.6 Å². The molecule has 1 amide bonds. The number of rotatable bonds is 6. The van der Waals surface area contributed by atoms with E-state index in [-0.39, 0.29) is 23.3 Å². The minimum atomic E-state index is -0.304. The van der Waals surface area contributed by atoms with Crippen LogP contribution in [0.25, 0.3) is 0 Å². The van der Waals surface area contributed by atoms with Gasteiger partial charge in [0, 0.05) is 18.5 Å².